The largest absolute Gasteiger partial charge is 0.490 e. The Hall–Kier alpha value is -1.17. The highest BCUT2D eigenvalue weighted by molar-refractivity contribution is 5.28. The Bertz CT molecular complexity index is 404. The average molecular weight is 265 g/mol. The molecule has 0 aromatic carbocycles. The lowest BCUT2D eigenvalue weighted by atomic mass is 10.3. The van der Waals surface area contributed by atoms with Gasteiger partial charge in [-0.3, -0.25) is 9.88 Å². The highest BCUT2D eigenvalue weighted by Crippen LogP contribution is 2.16. The zero-order valence-electron chi connectivity index (χ0n) is 11.8. The quantitative estimate of drug-likeness (QED) is 0.840. The summed E-state index contributed by atoms with van der Waals surface area (Å²) in [6, 6.07) is 3.79. The number of hydrogen-bond donors (Lipinski definition) is 1. The van der Waals surface area contributed by atoms with Gasteiger partial charge in [0.2, 0.25) is 0 Å². The van der Waals surface area contributed by atoms with Crippen molar-refractivity contribution in [3.8, 4) is 5.75 Å². The maximum absolute atomic E-state index is 9.26. The third-order valence-corrected chi connectivity index (χ3v) is 3.48. The normalized spacial score (nSPS) is 17.6. The first-order valence-corrected chi connectivity index (χ1v) is 6.80. The molecule has 1 fully saturated rings. The number of nitrogens with zero attached hydrogens (tertiary/aromatic N) is 3. The second-order valence-corrected chi connectivity index (χ2v) is 5.05. The summed E-state index contributed by atoms with van der Waals surface area (Å²) >= 11 is 0. The van der Waals surface area contributed by atoms with Gasteiger partial charge < -0.3 is 14.7 Å². The predicted molar refractivity (Wildman–Crippen MR) is 74.3 cm³/mol. The molecule has 0 saturated carbocycles. The van der Waals surface area contributed by atoms with Gasteiger partial charge in [-0.1, -0.05) is 0 Å². The number of aromatic nitrogens is 1. The first kappa shape index (κ1) is 14.2. The Labute approximate surface area is 114 Å². The smallest absolute Gasteiger partial charge is 0.143 e. The molecule has 0 atom stereocenters. The van der Waals surface area contributed by atoms with Crippen molar-refractivity contribution >= 4 is 0 Å². The number of piperazine rings is 1. The first-order valence-electron chi connectivity index (χ1n) is 6.80. The number of aliphatic hydroxyl groups excluding tert-OH is 1. The second-order valence-electron chi connectivity index (χ2n) is 5.05. The van der Waals surface area contributed by atoms with E-state index in [9.17, 15) is 5.11 Å². The Morgan fingerprint density at radius 1 is 1.26 bits per heavy atom. The summed E-state index contributed by atoms with van der Waals surface area (Å²) < 4.78 is 5.73. The van der Waals surface area contributed by atoms with Crippen LogP contribution in [-0.4, -0.2) is 66.3 Å². The number of likely N-dealkylation sites (N-methyl/N-ethyl adjacent to an activating group) is 1. The topological polar surface area (TPSA) is 48.8 Å². The number of ether oxygens (including phenoxy) is 1. The summed E-state index contributed by atoms with van der Waals surface area (Å²) in [5.41, 5.74) is 1.52. The zero-order chi connectivity index (χ0) is 13.7. The van der Waals surface area contributed by atoms with Gasteiger partial charge in [0.15, 0.2) is 0 Å². The molecule has 0 aliphatic carbocycles. The summed E-state index contributed by atoms with van der Waals surface area (Å²) in [7, 11) is 2.15. The molecule has 1 aliphatic heterocycles. The van der Waals surface area contributed by atoms with Gasteiger partial charge in [-0.2, -0.15) is 0 Å². The minimum atomic E-state index is -0.0779. The molecule has 5 heteroatoms. The summed E-state index contributed by atoms with van der Waals surface area (Å²) in [5, 5.41) is 9.26. The van der Waals surface area contributed by atoms with Crippen molar-refractivity contribution in [2.45, 2.75) is 13.5 Å². The number of rotatable bonds is 5. The summed E-state index contributed by atoms with van der Waals surface area (Å²) in [5.74, 6) is 0.697. The van der Waals surface area contributed by atoms with Gasteiger partial charge in [-0.25, -0.2) is 0 Å². The maximum atomic E-state index is 9.26. The van der Waals surface area contributed by atoms with Crippen molar-refractivity contribution in [2.24, 2.45) is 0 Å². The van der Waals surface area contributed by atoms with E-state index in [1.54, 1.807) is 0 Å². The predicted octanol–water partition coefficient (Wildman–Crippen LogP) is 0.509. The van der Waals surface area contributed by atoms with E-state index >= 15 is 0 Å². The van der Waals surface area contributed by atoms with Crippen molar-refractivity contribution < 1.29 is 9.84 Å². The molecule has 2 rings (SSSR count). The molecule has 1 N–H and O–H groups in total. The molecule has 1 aromatic rings. The first-order chi connectivity index (χ1) is 9.19. The highest BCUT2D eigenvalue weighted by Gasteiger charge is 2.13. The minimum absolute atomic E-state index is 0.0779. The lowest BCUT2D eigenvalue weighted by molar-refractivity contribution is 0.132. The Morgan fingerprint density at radius 3 is 2.68 bits per heavy atom. The fourth-order valence-corrected chi connectivity index (χ4v) is 2.20. The standard InChI is InChI=1S/C14H23N3O2/c1-12-3-4-14(13(11-18)15-12)19-10-9-17-7-5-16(2)6-8-17/h3-4,18H,5-11H2,1-2H3. The van der Waals surface area contributed by atoms with Crippen LogP contribution in [0.25, 0.3) is 0 Å². The van der Waals surface area contributed by atoms with Crippen LogP contribution >= 0.6 is 0 Å². The van der Waals surface area contributed by atoms with Gasteiger partial charge in [0.1, 0.15) is 18.1 Å². The fourth-order valence-electron chi connectivity index (χ4n) is 2.20. The van der Waals surface area contributed by atoms with Crippen LogP contribution in [0.5, 0.6) is 5.75 Å². The van der Waals surface area contributed by atoms with E-state index in [2.05, 4.69) is 21.8 Å². The van der Waals surface area contributed by atoms with Crippen molar-refractivity contribution in [1.29, 1.82) is 0 Å². The number of aliphatic hydroxyl groups is 1. The number of aryl methyl sites for hydroxylation is 1. The molecular weight excluding hydrogens is 242 g/mol. The molecule has 0 spiro atoms. The third-order valence-electron chi connectivity index (χ3n) is 3.48. The monoisotopic (exact) mass is 265 g/mol. The highest BCUT2D eigenvalue weighted by atomic mass is 16.5. The van der Waals surface area contributed by atoms with E-state index in [-0.39, 0.29) is 6.61 Å². The van der Waals surface area contributed by atoms with Gasteiger partial charge in [-0.05, 0) is 26.1 Å². The van der Waals surface area contributed by atoms with Crippen LogP contribution in [0.3, 0.4) is 0 Å². The lowest BCUT2D eigenvalue weighted by Crippen LogP contribution is -2.45. The van der Waals surface area contributed by atoms with Crippen LogP contribution < -0.4 is 4.74 Å². The molecule has 0 bridgehead atoms. The third kappa shape index (κ3) is 4.16. The van der Waals surface area contributed by atoms with E-state index in [1.165, 1.54) is 0 Å². The molecule has 1 aliphatic rings. The molecule has 1 aromatic heterocycles. The Kier molecular flexibility index (Phi) is 5.13. The molecule has 0 amide bonds. The molecule has 1 saturated heterocycles. The van der Waals surface area contributed by atoms with Crippen LogP contribution in [0.4, 0.5) is 0 Å². The molecule has 19 heavy (non-hydrogen) atoms. The average Bonchev–Trinajstić information content (AvgIpc) is 2.42. The SMILES string of the molecule is Cc1ccc(OCCN2CCN(C)CC2)c(CO)n1. The van der Waals surface area contributed by atoms with Crippen molar-refractivity contribution in [1.82, 2.24) is 14.8 Å². The molecule has 0 unspecified atom stereocenters. The molecule has 106 valence electrons. The van der Waals surface area contributed by atoms with E-state index in [4.69, 9.17) is 4.74 Å². The van der Waals surface area contributed by atoms with Gasteiger partial charge in [0.25, 0.3) is 0 Å². The zero-order valence-corrected chi connectivity index (χ0v) is 11.8. The Morgan fingerprint density at radius 2 is 2.00 bits per heavy atom. The van der Waals surface area contributed by atoms with E-state index in [0.29, 0.717) is 18.1 Å². The summed E-state index contributed by atoms with van der Waals surface area (Å²) in [6.45, 7) is 7.83. The molecule has 2 heterocycles. The van der Waals surface area contributed by atoms with Gasteiger partial charge in [-0.15, -0.1) is 0 Å². The summed E-state index contributed by atoms with van der Waals surface area (Å²) in [4.78, 5) is 9.01. The summed E-state index contributed by atoms with van der Waals surface area (Å²) in [6.07, 6.45) is 0. The van der Waals surface area contributed by atoms with Gasteiger partial charge >= 0.3 is 0 Å². The van der Waals surface area contributed by atoms with Crippen molar-refractivity contribution in [2.75, 3.05) is 46.4 Å². The van der Waals surface area contributed by atoms with Crippen LogP contribution in [0.1, 0.15) is 11.4 Å². The Balaban J connectivity index is 1.79. The van der Waals surface area contributed by atoms with Crippen LogP contribution in [0.15, 0.2) is 12.1 Å². The van der Waals surface area contributed by atoms with E-state index in [0.717, 1.165) is 38.4 Å². The van der Waals surface area contributed by atoms with Gasteiger partial charge in [0, 0.05) is 38.4 Å². The van der Waals surface area contributed by atoms with Crippen LogP contribution in [0, 0.1) is 6.92 Å². The van der Waals surface area contributed by atoms with Crippen LogP contribution in [0.2, 0.25) is 0 Å². The number of hydrogen-bond acceptors (Lipinski definition) is 5. The molecule has 5 nitrogen and oxygen atoms in total. The fraction of sp³-hybridized carbons (Fsp3) is 0.643. The van der Waals surface area contributed by atoms with Crippen LogP contribution in [-0.2, 0) is 6.61 Å². The number of pyridine rings is 1. The molecule has 0 radical (unpaired) electrons. The second kappa shape index (κ2) is 6.84. The maximum Gasteiger partial charge on any atom is 0.143 e. The molecular formula is C14H23N3O2. The van der Waals surface area contributed by atoms with Crippen molar-refractivity contribution in [3.63, 3.8) is 0 Å². The van der Waals surface area contributed by atoms with Crippen molar-refractivity contribution in [3.05, 3.63) is 23.5 Å². The minimum Gasteiger partial charge on any atom is -0.490 e. The van der Waals surface area contributed by atoms with E-state index < -0.39 is 0 Å². The van der Waals surface area contributed by atoms with Gasteiger partial charge in [0.05, 0.1) is 6.61 Å². The van der Waals surface area contributed by atoms with E-state index in [1.807, 2.05) is 19.1 Å². The lowest BCUT2D eigenvalue weighted by Gasteiger charge is -2.32.